The van der Waals surface area contributed by atoms with Crippen LogP contribution in [-0.2, 0) is 6.54 Å². The van der Waals surface area contributed by atoms with Gasteiger partial charge in [-0.3, -0.25) is 9.59 Å². The third-order valence-electron chi connectivity index (χ3n) is 3.76. The van der Waals surface area contributed by atoms with Crippen LogP contribution in [0.3, 0.4) is 0 Å². The smallest absolute Gasteiger partial charge is 0.256 e. The van der Waals surface area contributed by atoms with Crippen molar-refractivity contribution in [2.24, 2.45) is 0 Å². The van der Waals surface area contributed by atoms with E-state index in [1.54, 1.807) is 18.3 Å². The Morgan fingerprint density at radius 3 is 2.83 bits per heavy atom. The van der Waals surface area contributed by atoms with Crippen molar-refractivity contribution in [3.8, 4) is 0 Å². The van der Waals surface area contributed by atoms with Gasteiger partial charge >= 0.3 is 0 Å². The molecule has 0 aliphatic carbocycles. The minimum Gasteiger partial charge on any atom is -0.398 e. The molecule has 2 rings (SSSR count). The zero-order chi connectivity index (χ0) is 16.8. The van der Waals surface area contributed by atoms with E-state index >= 15 is 0 Å². The molecule has 1 aromatic heterocycles. The van der Waals surface area contributed by atoms with Gasteiger partial charge in [-0.05, 0) is 25.0 Å². The molecule has 0 saturated heterocycles. The van der Waals surface area contributed by atoms with Gasteiger partial charge in [0.05, 0.1) is 10.9 Å². The molecule has 4 N–H and O–H groups in total. The van der Waals surface area contributed by atoms with Gasteiger partial charge in [-0.25, -0.2) is 0 Å². The average molecular weight is 317 g/mol. The summed E-state index contributed by atoms with van der Waals surface area (Å²) in [4.78, 5) is 24.9. The topological polar surface area (TPSA) is 97.4 Å². The highest BCUT2D eigenvalue weighted by molar-refractivity contribution is 6.00. The number of unbranched alkanes of at least 4 members (excludes halogenated alkanes) is 1. The number of carbonyl (C=O) groups is 1. The summed E-state index contributed by atoms with van der Waals surface area (Å²) in [5.41, 5.74) is 6.82. The SMILES string of the molecule is CCCCn1cc(C(=O)NCCCO)c(=O)c2c(N)cccc21. The number of carbonyl (C=O) groups excluding carboxylic acids is 1. The van der Waals surface area contributed by atoms with Crippen molar-refractivity contribution in [2.45, 2.75) is 32.7 Å². The van der Waals surface area contributed by atoms with Crippen molar-refractivity contribution >= 4 is 22.5 Å². The van der Waals surface area contributed by atoms with Crippen LogP contribution in [-0.4, -0.2) is 28.7 Å². The molecule has 0 aliphatic rings. The Hall–Kier alpha value is -2.34. The second-order valence-corrected chi connectivity index (χ2v) is 5.49. The number of nitrogens with one attached hydrogen (secondary N) is 1. The number of anilines is 1. The number of nitrogens with two attached hydrogens (primary N) is 1. The molecule has 1 aromatic carbocycles. The molecule has 0 bridgehead atoms. The molecule has 0 unspecified atom stereocenters. The summed E-state index contributed by atoms with van der Waals surface area (Å²) in [5, 5.41) is 11.8. The van der Waals surface area contributed by atoms with E-state index in [1.165, 1.54) is 0 Å². The highest BCUT2D eigenvalue weighted by Gasteiger charge is 2.16. The maximum absolute atomic E-state index is 12.6. The maximum atomic E-state index is 12.6. The molecule has 0 aliphatic heterocycles. The predicted octanol–water partition coefficient (Wildman–Crippen LogP) is 1.50. The van der Waals surface area contributed by atoms with E-state index in [-0.39, 0.29) is 17.6 Å². The molecule has 0 radical (unpaired) electrons. The van der Waals surface area contributed by atoms with Gasteiger partial charge in [0, 0.05) is 31.6 Å². The Kier molecular flexibility index (Phi) is 5.76. The first-order chi connectivity index (χ1) is 11.1. The molecular formula is C17H23N3O3. The molecule has 1 heterocycles. The van der Waals surface area contributed by atoms with E-state index in [1.807, 2.05) is 10.6 Å². The minimum absolute atomic E-state index is 0.00825. The van der Waals surface area contributed by atoms with Gasteiger partial charge in [0.2, 0.25) is 5.43 Å². The normalized spacial score (nSPS) is 10.9. The molecule has 6 nitrogen and oxygen atoms in total. The molecular weight excluding hydrogens is 294 g/mol. The van der Waals surface area contributed by atoms with Gasteiger partial charge in [-0.15, -0.1) is 0 Å². The number of amides is 1. The minimum atomic E-state index is -0.432. The molecule has 0 spiro atoms. The fraction of sp³-hybridized carbons (Fsp3) is 0.412. The van der Waals surface area contributed by atoms with Crippen LogP contribution < -0.4 is 16.5 Å². The second kappa shape index (κ2) is 7.78. The number of rotatable bonds is 7. The number of hydrogen-bond donors (Lipinski definition) is 3. The highest BCUT2D eigenvalue weighted by atomic mass is 16.3. The van der Waals surface area contributed by atoms with Gasteiger partial charge < -0.3 is 20.7 Å². The number of hydrogen-bond acceptors (Lipinski definition) is 4. The lowest BCUT2D eigenvalue weighted by Crippen LogP contribution is -2.31. The first-order valence-corrected chi connectivity index (χ1v) is 7.90. The van der Waals surface area contributed by atoms with Crippen LogP contribution in [0.15, 0.2) is 29.2 Å². The monoisotopic (exact) mass is 317 g/mol. The van der Waals surface area contributed by atoms with Crippen molar-refractivity contribution in [1.82, 2.24) is 9.88 Å². The van der Waals surface area contributed by atoms with Gasteiger partial charge in [0.25, 0.3) is 5.91 Å². The van der Waals surface area contributed by atoms with Crippen LogP contribution in [0, 0.1) is 0 Å². The van der Waals surface area contributed by atoms with Gasteiger partial charge in [-0.2, -0.15) is 0 Å². The summed E-state index contributed by atoms with van der Waals surface area (Å²) in [6.07, 6.45) is 4.01. The Morgan fingerprint density at radius 1 is 1.35 bits per heavy atom. The lowest BCUT2D eigenvalue weighted by atomic mass is 10.1. The van der Waals surface area contributed by atoms with Crippen LogP contribution in [0.5, 0.6) is 0 Å². The van der Waals surface area contributed by atoms with E-state index in [9.17, 15) is 9.59 Å². The molecule has 23 heavy (non-hydrogen) atoms. The standard InChI is InChI=1S/C17H23N3O3/c1-2-3-9-20-11-12(17(23)19-8-5-10-21)16(22)15-13(18)6-4-7-14(15)20/h4,6-7,11,21H,2-3,5,8-10,18H2,1H3,(H,19,23). The second-order valence-electron chi connectivity index (χ2n) is 5.49. The van der Waals surface area contributed by atoms with Crippen LogP contribution in [0.25, 0.3) is 10.9 Å². The number of nitrogen functional groups attached to an aromatic ring is 1. The number of aliphatic hydroxyl groups is 1. The van der Waals surface area contributed by atoms with Crippen molar-refractivity contribution in [1.29, 1.82) is 0 Å². The van der Waals surface area contributed by atoms with Crippen LogP contribution in [0.2, 0.25) is 0 Å². The van der Waals surface area contributed by atoms with Crippen molar-refractivity contribution in [3.05, 3.63) is 40.2 Å². The molecule has 1 amide bonds. The quantitative estimate of drug-likeness (QED) is 0.532. The molecule has 6 heteroatoms. The number of aromatic nitrogens is 1. The van der Waals surface area contributed by atoms with Gasteiger partial charge in [0.1, 0.15) is 5.56 Å². The average Bonchev–Trinajstić information content (AvgIpc) is 2.54. The summed E-state index contributed by atoms with van der Waals surface area (Å²) in [5.74, 6) is -0.432. The van der Waals surface area contributed by atoms with E-state index < -0.39 is 5.91 Å². The third kappa shape index (κ3) is 3.71. The molecule has 0 saturated carbocycles. The lowest BCUT2D eigenvalue weighted by molar-refractivity contribution is 0.0949. The van der Waals surface area contributed by atoms with Gasteiger partial charge in [0.15, 0.2) is 0 Å². The van der Waals surface area contributed by atoms with Crippen molar-refractivity contribution < 1.29 is 9.90 Å². The first-order valence-electron chi connectivity index (χ1n) is 7.90. The largest absolute Gasteiger partial charge is 0.398 e. The molecule has 0 atom stereocenters. The van der Waals surface area contributed by atoms with E-state index in [2.05, 4.69) is 12.2 Å². The van der Waals surface area contributed by atoms with Gasteiger partial charge in [-0.1, -0.05) is 19.4 Å². The third-order valence-corrected chi connectivity index (χ3v) is 3.76. The fourth-order valence-electron chi connectivity index (χ4n) is 2.51. The number of aliphatic hydroxyl groups excluding tert-OH is 1. The zero-order valence-corrected chi connectivity index (χ0v) is 13.3. The lowest BCUT2D eigenvalue weighted by Gasteiger charge is -2.14. The number of fused-ring (bicyclic) bond motifs is 1. The number of pyridine rings is 1. The Labute approximate surface area is 134 Å². The maximum Gasteiger partial charge on any atom is 0.256 e. The van der Waals surface area contributed by atoms with Crippen LogP contribution >= 0.6 is 0 Å². The highest BCUT2D eigenvalue weighted by Crippen LogP contribution is 2.19. The number of nitrogens with zero attached hydrogens (tertiary/aromatic N) is 1. The first kappa shape index (κ1) is 17.0. The molecule has 0 fully saturated rings. The number of aryl methyl sites for hydroxylation is 1. The zero-order valence-electron chi connectivity index (χ0n) is 13.3. The van der Waals surface area contributed by atoms with E-state index in [4.69, 9.17) is 10.8 Å². The summed E-state index contributed by atoms with van der Waals surface area (Å²) in [6, 6.07) is 5.32. The Balaban J connectivity index is 2.52. The predicted molar refractivity (Wildman–Crippen MR) is 91.6 cm³/mol. The van der Waals surface area contributed by atoms with E-state index in [0.717, 1.165) is 18.4 Å². The summed E-state index contributed by atoms with van der Waals surface area (Å²) in [6.45, 7) is 3.12. The fourth-order valence-corrected chi connectivity index (χ4v) is 2.51. The molecule has 2 aromatic rings. The van der Waals surface area contributed by atoms with Crippen LogP contribution in [0.1, 0.15) is 36.5 Å². The Morgan fingerprint density at radius 2 is 2.13 bits per heavy atom. The molecule has 124 valence electrons. The van der Waals surface area contributed by atoms with E-state index in [0.29, 0.717) is 30.6 Å². The number of benzene rings is 1. The van der Waals surface area contributed by atoms with Crippen LogP contribution in [0.4, 0.5) is 5.69 Å². The van der Waals surface area contributed by atoms with Crippen molar-refractivity contribution in [3.63, 3.8) is 0 Å². The summed E-state index contributed by atoms with van der Waals surface area (Å²) in [7, 11) is 0. The summed E-state index contributed by atoms with van der Waals surface area (Å²) < 4.78 is 1.91. The van der Waals surface area contributed by atoms with Crippen molar-refractivity contribution in [2.75, 3.05) is 18.9 Å². The summed E-state index contributed by atoms with van der Waals surface area (Å²) >= 11 is 0. The Bertz CT molecular complexity index is 753.